The largest absolute Gasteiger partial charge is 0.390 e. The summed E-state index contributed by atoms with van der Waals surface area (Å²) in [6.07, 6.45) is -1.92. The second-order valence-electron chi connectivity index (χ2n) is 2.88. The second-order valence-corrected chi connectivity index (χ2v) is 3.53. The highest BCUT2D eigenvalue weighted by molar-refractivity contribution is 9.09. The Kier molecular flexibility index (Phi) is 4.47. The van der Waals surface area contributed by atoms with Crippen LogP contribution in [0.3, 0.4) is 0 Å². The highest BCUT2D eigenvalue weighted by Gasteiger charge is 2.18. The van der Waals surface area contributed by atoms with Crippen molar-refractivity contribution in [3.8, 4) is 0 Å². The molecule has 1 heterocycles. The normalized spacial score (nSPS) is 15.1. The lowest BCUT2D eigenvalue weighted by atomic mass is 10.1. The van der Waals surface area contributed by atoms with Gasteiger partial charge in [-0.3, -0.25) is 4.98 Å². The second kappa shape index (κ2) is 5.41. The van der Waals surface area contributed by atoms with Gasteiger partial charge in [-0.2, -0.15) is 0 Å². The van der Waals surface area contributed by atoms with Crippen molar-refractivity contribution in [3.05, 3.63) is 29.6 Å². The van der Waals surface area contributed by atoms with Crippen LogP contribution in [0.25, 0.3) is 0 Å². The molecule has 0 aromatic carbocycles. The summed E-state index contributed by atoms with van der Waals surface area (Å²) in [5.41, 5.74) is 0.840. The molecule has 0 aliphatic carbocycles. The van der Waals surface area contributed by atoms with Crippen molar-refractivity contribution in [1.82, 2.24) is 4.98 Å². The lowest BCUT2D eigenvalue weighted by Crippen LogP contribution is -2.20. The van der Waals surface area contributed by atoms with Crippen LogP contribution in [-0.2, 0) is 6.61 Å². The monoisotopic (exact) mass is 261 g/mol. The van der Waals surface area contributed by atoms with Crippen LogP contribution in [0, 0.1) is 0 Å². The van der Waals surface area contributed by atoms with Gasteiger partial charge in [0.25, 0.3) is 0 Å². The van der Waals surface area contributed by atoms with Crippen LogP contribution in [-0.4, -0.2) is 31.7 Å². The van der Waals surface area contributed by atoms with Gasteiger partial charge in [-0.25, -0.2) is 0 Å². The third-order valence-corrected chi connectivity index (χ3v) is 2.48. The average molecular weight is 262 g/mol. The number of hydrogen-bond donors (Lipinski definition) is 3. The van der Waals surface area contributed by atoms with Gasteiger partial charge >= 0.3 is 0 Å². The Balaban J connectivity index is 2.83. The number of alkyl halides is 1. The van der Waals surface area contributed by atoms with Gasteiger partial charge in [-0.1, -0.05) is 22.0 Å². The Bertz CT molecular complexity index is 295. The number of aliphatic hydroxyl groups is 3. The molecule has 0 fully saturated rings. The molecule has 0 aliphatic rings. The molecule has 0 radical (unpaired) electrons. The lowest BCUT2D eigenvalue weighted by Gasteiger charge is -2.15. The molecule has 1 rings (SSSR count). The van der Waals surface area contributed by atoms with Crippen LogP contribution in [0.1, 0.15) is 17.5 Å². The molecule has 3 N–H and O–H groups in total. The van der Waals surface area contributed by atoms with E-state index in [2.05, 4.69) is 20.9 Å². The summed E-state index contributed by atoms with van der Waals surface area (Å²) >= 11 is 3.06. The van der Waals surface area contributed by atoms with Gasteiger partial charge in [-0.15, -0.1) is 0 Å². The number of hydrogen-bond acceptors (Lipinski definition) is 4. The summed E-state index contributed by atoms with van der Waals surface area (Å²) in [5.74, 6) is 0. The SMILES string of the molecule is OCc1cccc(C(O)C(O)CBr)n1. The highest BCUT2D eigenvalue weighted by Crippen LogP contribution is 2.16. The van der Waals surface area contributed by atoms with Gasteiger partial charge in [0, 0.05) is 5.33 Å². The fourth-order valence-corrected chi connectivity index (χ4v) is 1.39. The maximum absolute atomic E-state index is 9.58. The van der Waals surface area contributed by atoms with E-state index in [0.29, 0.717) is 11.4 Å². The molecule has 0 bridgehead atoms. The zero-order valence-electron chi connectivity index (χ0n) is 7.47. The van der Waals surface area contributed by atoms with Gasteiger partial charge in [0.05, 0.1) is 24.1 Å². The zero-order chi connectivity index (χ0) is 10.6. The molecule has 0 saturated heterocycles. The van der Waals surface area contributed by atoms with Crippen LogP contribution in [0.2, 0.25) is 0 Å². The quantitative estimate of drug-likeness (QED) is 0.685. The molecule has 1 aromatic heterocycles. The van der Waals surface area contributed by atoms with E-state index in [1.807, 2.05) is 0 Å². The van der Waals surface area contributed by atoms with E-state index in [4.69, 9.17) is 5.11 Å². The zero-order valence-corrected chi connectivity index (χ0v) is 9.05. The standard InChI is InChI=1S/C9H12BrNO3/c10-4-8(13)9(14)7-3-1-2-6(5-12)11-7/h1-3,8-9,12-14H,4-5H2. The first-order valence-corrected chi connectivity index (χ1v) is 5.30. The number of aliphatic hydroxyl groups excluding tert-OH is 3. The molecule has 0 saturated carbocycles. The predicted molar refractivity (Wildman–Crippen MR) is 54.9 cm³/mol. The van der Waals surface area contributed by atoms with Crippen molar-refractivity contribution in [2.45, 2.75) is 18.8 Å². The Morgan fingerprint density at radius 2 is 2.07 bits per heavy atom. The topological polar surface area (TPSA) is 73.6 Å². The first-order valence-electron chi connectivity index (χ1n) is 4.17. The molecule has 0 spiro atoms. The predicted octanol–water partition coefficient (Wildman–Crippen LogP) is 0.363. The van der Waals surface area contributed by atoms with Gasteiger partial charge in [-0.05, 0) is 12.1 Å². The third-order valence-electron chi connectivity index (χ3n) is 1.82. The Morgan fingerprint density at radius 3 is 2.64 bits per heavy atom. The van der Waals surface area contributed by atoms with Gasteiger partial charge in [0.1, 0.15) is 6.10 Å². The molecular weight excluding hydrogens is 250 g/mol. The van der Waals surface area contributed by atoms with E-state index < -0.39 is 12.2 Å². The molecular formula is C9H12BrNO3. The summed E-state index contributed by atoms with van der Waals surface area (Å²) in [6, 6.07) is 4.94. The maximum Gasteiger partial charge on any atom is 0.123 e. The van der Waals surface area contributed by atoms with Crippen molar-refractivity contribution in [3.63, 3.8) is 0 Å². The number of rotatable bonds is 4. The van der Waals surface area contributed by atoms with Crippen molar-refractivity contribution in [1.29, 1.82) is 0 Å². The Labute approximate surface area is 90.4 Å². The van der Waals surface area contributed by atoms with E-state index in [1.165, 1.54) is 0 Å². The minimum absolute atomic E-state index is 0.176. The smallest absolute Gasteiger partial charge is 0.123 e. The molecule has 2 atom stereocenters. The summed E-state index contributed by atoms with van der Waals surface area (Å²) in [4.78, 5) is 3.98. The highest BCUT2D eigenvalue weighted by atomic mass is 79.9. The van der Waals surface area contributed by atoms with Gasteiger partial charge in [0.2, 0.25) is 0 Å². The third kappa shape index (κ3) is 2.75. The van der Waals surface area contributed by atoms with E-state index >= 15 is 0 Å². The number of pyridine rings is 1. The molecule has 5 heteroatoms. The lowest BCUT2D eigenvalue weighted by molar-refractivity contribution is 0.0313. The Morgan fingerprint density at radius 1 is 1.36 bits per heavy atom. The van der Waals surface area contributed by atoms with E-state index in [1.54, 1.807) is 18.2 Å². The molecule has 78 valence electrons. The minimum Gasteiger partial charge on any atom is -0.390 e. The number of halogens is 1. The van der Waals surface area contributed by atoms with Gasteiger partial charge in [0.15, 0.2) is 0 Å². The first-order chi connectivity index (χ1) is 6.69. The average Bonchev–Trinajstić information content (AvgIpc) is 2.27. The van der Waals surface area contributed by atoms with E-state index in [9.17, 15) is 10.2 Å². The fraction of sp³-hybridized carbons (Fsp3) is 0.444. The van der Waals surface area contributed by atoms with E-state index in [0.717, 1.165) is 0 Å². The molecule has 4 nitrogen and oxygen atoms in total. The number of aromatic nitrogens is 1. The van der Waals surface area contributed by atoms with Crippen molar-refractivity contribution in [2.75, 3.05) is 5.33 Å². The van der Waals surface area contributed by atoms with Gasteiger partial charge < -0.3 is 15.3 Å². The van der Waals surface area contributed by atoms with Crippen molar-refractivity contribution < 1.29 is 15.3 Å². The van der Waals surface area contributed by atoms with Crippen LogP contribution < -0.4 is 0 Å². The molecule has 14 heavy (non-hydrogen) atoms. The van der Waals surface area contributed by atoms with Crippen LogP contribution in [0.4, 0.5) is 0 Å². The summed E-state index contributed by atoms with van der Waals surface area (Å²) in [5, 5.41) is 28.0. The van der Waals surface area contributed by atoms with Crippen LogP contribution >= 0.6 is 15.9 Å². The number of nitrogens with zero attached hydrogens (tertiary/aromatic N) is 1. The summed E-state index contributed by atoms with van der Waals surface area (Å²) in [7, 11) is 0. The molecule has 0 aliphatic heterocycles. The Hall–Kier alpha value is -0.490. The summed E-state index contributed by atoms with van der Waals surface area (Å²) < 4.78 is 0. The molecule has 0 amide bonds. The molecule has 1 aromatic rings. The van der Waals surface area contributed by atoms with Crippen molar-refractivity contribution >= 4 is 15.9 Å². The van der Waals surface area contributed by atoms with Crippen LogP contribution in [0.15, 0.2) is 18.2 Å². The van der Waals surface area contributed by atoms with Crippen LogP contribution in [0.5, 0.6) is 0 Å². The minimum atomic E-state index is -1.03. The maximum atomic E-state index is 9.58. The fourth-order valence-electron chi connectivity index (χ4n) is 1.03. The summed E-state index contributed by atoms with van der Waals surface area (Å²) in [6.45, 7) is -0.176. The van der Waals surface area contributed by atoms with Crippen molar-refractivity contribution in [2.24, 2.45) is 0 Å². The molecule has 2 unspecified atom stereocenters. The van der Waals surface area contributed by atoms with E-state index in [-0.39, 0.29) is 11.9 Å². The first kappa shape index (κ1) is 11.6.